The predicted molar refractivity (Wildman–Crippen MR) is 69.1 cm³/mol. The first kappa shape index (κ1) is 13.6. The number of hydrogen-bond acceptors (Lipinski definition) is 3. The Morgan fingerprint density at radius 2 is 2.00 bits per heavy atom. The molecule has 0 atom stereocenters. The van der Waals surface area contributed by atoms with Gasteiger partial charge in [-0.3, -0.25) is 4.79 Å². The number of benzene rings is 1. The van der Waals surface area contributed by atoms with E-state index in [0.717, 1.165) is 0 Å². The molecule has 1 N–H and O–H groups in total. The Labute approximate surface area is 115 Å². The number of halogens is 2. The molecule has 0 bridgehead atoms. The SMILES string of the molecule is O=C(c1ccc(Cl)c(CO)c1Cl)N1CCOCC1. The highest BCUT2D eigenvalue weighted by molar-refractivity contribution is 6.38. The van der Waals surface area contributed by atoms with Crippen molar-refractivity contribution in [3.05, 3.63) is 33.3 Å². The van der Waals surface area contributed by atoms with E-state index in [2.05, 4.69) is 0 Å². The molecule has 4 nitrogen and oxygen atoms in total. The summed E-state index contributed by atoms with van der Waals surface area (Å²) in [5.74, 6) is -0.158. The van der Waals surface area contributed by atoms with Gasteiger partial charge < -0.3 is 14.7 Å². The molecule has 0 saturated carbocycles. The predicted octanol–water partition coefficient (Wildman–Crippen LogP) is 1.96. The van der Waals surface area contributed by atoms with Crippen molar-refractivity contribution in [1.82, 2.24) is 4.90 Å². The third kappa shape index (κ3) is 2.62. The minimum Gasteiger partial charge on any atom is -0.392 e. The second-order valence-electron chi connectivity index (χ2n) is 3.95. The average molecular weight is 290 g/mol. The standard InChI is InChI=1S/C12H13Cl2NO3/c13-10-2-1-8(11(14)9(10)7-16)12(17)15-3-5-18-6-4-15/h1-2,16H,3-7H2. The topological polar surface area (TPSA) is 49.8 Å². The van der Waals surface area contributed by atoms with Gasteiger partial charge in [-0.2, -0.15) is 0 Å². The van der Waals surface area contributed by atoms with Crippen molar-refractivity contribution in [3.63, 3.8) is 0 Å². The van der Waals surface area contributed by atoms with Crippen LogP contribution in [-0.2, 0) is 11.3 Å². The Kier molecular flexibility index (Phi) is 4.45. The number of rotatable bonds is 2. The van der Waals surface area contributed by atoms with E-state index in [9.17, 15) is 9.90 Å². The summed E-state index contributed by atoms with van der Waals surface area (Å²) in [6.45, 7) is 1.87. The second kappa shape index (κ2) is 5.89. The zero-order valence-electron chi connectivity index (χ0n) is 9.66. The van der Waals surface area contributed by atoms with Crippen molar-refractivity contribution in [2.24, 2.45) is 0 Å². The minimum atomic E-state index is -0.290. The van der Waals surface area contributed by atoms with Crippen molar-refractivity contribution in [2.75, 3.05) is 26.3 Å². The molecule has 1 amide bonds. The fraction of sp³-hybridized carbons (Fsp3) is 0.417. The van der Waals surface area contributed by atoms with Crippen LogP contribution in [0.4, 0.5) is 0 Å². The van der Waals surface area contributed by atoms with Gasteiger partial charge in [0.05, 0.1) is 30.4 Å². The van der Waals surface area contributed by atoms with Crippen LogP contribution < -0.4 is 0 Å². The Morgan fingerprint density at radius 1 is 1.33 bits per heavy atom. The fourth-order valence-electron chi connectivity index (χ4n) is 1.84. The molecule has 0 aromatic heterocycles. The van der Waals surface area contributed by atoms with Gasteiger partial charge in [0.15, 0.2) is 0 Å². The van der Waals surface area contributed by atoms with E-state index in [1.807, 2.05) is 0 Å². The minimum absolute atomic E-state index is 0.158. The molecular formula is C12H13Cl2NO3. The summed E-state index contributed by atoms with van der Waals surface area (Å²) in [5, 5.41) is 9.79. The van der Waals surface area contributed by atoms with Crippen LogP contribution in [0.25, 0.3) is 0 Å². The first-order valence-electron chi connectivity index (χ1n) is 5.60. The summed E-state index contributed by atoms with van der Waals surface area (Å²) in [4.78, 5) is 13.9. The molecule has 1 aromatic rings. The number of morpholine rings is 1. The van der Waals surface area contributed by atoms with Gasteiger partial charge in [-0.15, -0.1) is 0 Å². The van der Waals surface area contributed by atoms with Gasteiger partial charge in [0.25, 0.3) is 5.91 Å². The molecule has 1 saturated heterocycles. The zero-order valence-corrected chi connectivity index (χ0v) is 11.2. The second-order valence-corrected chi connectivity index (χ2v) is 4.74. The van der Waals surface area contributed by atoms with Crippen LogP contribution in [0.15, 0.2) is 12.1 Å². The molecule has 0 aliphatic carbocycles. The maximum atomic E-state index is 12.3. The monoisotopic (exact) mass is 289 g/mol. The van der Waals surface area contributed by atoms with E-state index >= 15 is 0 Å². The molecule has 1 aliphatic rings. The lowest BCUT2D eigenvalue weighted by Gasteiger charge is -2.27. The van der Waals surface area contributed by atoms with Crippen LogP contribution in [0.1, 0.15) is 15.9 Å². The van der Waals surface area contributed by atoms with Gasteiger partial charge in [0.2, 0.25) is 0 Å². The Morgan fingerprint density at radius 3 is 2.61 bits per heavy atom. The normalized spacial score (nSPS) is 15.8. The number of aliphatic hydroxyl groups excluding tert-OH is 1. The molecule has 1 aliphatic heterocycles. The molecule has 1 aromatic carbocycles. The Balaban J connectivity index is 2.30. The van der Waals surface area contributed by atoms with Gasteiger partial charge in [0, 0.05) is 23.7 Å². The lowest BCUT2D eigenvalue weighted by molar-refractivity contribution is 0.0303. The number of nitrogens with zero attached hydrogens (tertiary/aromatic N) is 1. The van der Waals surface area contributed by atoms with E-state index < -0.39 is 0 Å². The quantitative estimate of drug-likeness (QED) is 0.905. The molecule has 6 heteroatoms. The number of carbonyl (C=O) groups excluding carboxylic acids is 1. The summed E-state index contributed by atoms with van der Waals surface area (Å²) in [6, 6.07) is 3.16. The van der Waals surface area contributed by atoms with Crippen molar-refractivity contribution < 1.29 is 14.6 Å². The van der Waals surface area contributed by atoms with Crippen molar-refractivity contribution in [3.8, 4) is 0 Å². The highest BCUT2D eigenvalue weighted by atomic mass is 35.5. The van der Waals surface area contributed by atoms with Crippen LogP contribution in [-0.4, -0.2) is 42.2 Å². The Bertz CT molecular complexity index is 459. The van der Waals surface area contributed by atoms with Crippen molar-refractivity contribution in [1.29, 1.82) is 0 Å². The first-order chi connectivity index (χ1) is 8.65. The van der Waals surface area contributed by atoms with Gasteiger partial charge in [-0.25, -0.2) is 0 Å². The fourth-order valence-corrected chi connectivity index (χ4v) is 2.42. The van der Waals surface area contributed by atoms with Gasteiger partial charge in [-0.05, 0) is 12.1 Å². The van der Waals surface area contributed by atoms with Gasteiger partial charge >= 0.3 is 0 Å². The van der Waals surface area contributed by atoms with E-state index in [0.29, 0.717) is 42.5 Å². The molecule has 1 fully saturated rings. The van der Waals surface area contributed by atoms with Crippen molar-refractivity contribution in [2.45, 2.75) is 6.61 Å². The van der Waals surface area contributed by atoms with Crippen LogP contribution in [0.3, 0.4) is 0 Å². The van der Waals surface area contributed by atoms with Crippen LogP contribution in [0, 0.1) is 0 Å². The molecule has 1 heterocycles. The van der Waals surface area contributed by atoms with Gasteiger partial charge in [-0.1, -0.05) is 23.2 Å². The van der Waals surface area contributed by atoms with E-state index in [1.54, 1.807) is 17.0 Å². The molecule has 0 spiro atoms. The third-order valence-electron chi connectivity index (χ3n) is 2.87. The zero-order chi connectivity index (χ0) is 13.1. The van der Waals surface area contributed by atoms with Gasteiger partial charge in [0.1, 0.15) is 0 Å². The number of hydrogen-bond donors (Lipinski definition) is 1. The highest BCUT2D eigenvalue weighted by Crippen LogP contribution is 2.29. The maximum Gasteiger partial charge on any atom is 0.255 e. The molecular weight excluding hydrogens is 277 g/mol. The average Bonchev–Trinajstić information content (AvgIpc) is 2.40. The van der Waals surface area contributed by atoms with Crippen LogP contribution >= 0.6 is 23.2 Å². The number of carbonyl (C=O) groups is 1. The molecule has 98 valence electrons. The molecule has 2 rings (SSSR count). The highest BCUT2D eigenvalue weighted by Gasteiger charge is 2.22. The first-order valence-corrected chi connectivity index (χ1v) is 6.35. The molecule has 0 radical (unpaired) electrons. The van der Waals surface area contributed by atoms with E-state index in [1.165, 1.54) is 0 Å². The smallest absolute Gasteiger partial charge is 0.255 e. The molecule has 18 heavy (non-hydrogen) atoms. The lowest BCUT2D eigenvalue weighted by Crippen LogP contribution is -2.40. The molecule has 0 unspecified atom stereocenters. The summed E-state index contributed by atoms with van der Waals surface area (Å²) in [5.41, 5.74) is 0.754. The summed E-state index contributed by atoms with van der Waals surface area (Å²) in [7, 11) is 0. The van der Waals surface area contributed by atoms with E-state index in [4.69, 9.17) is 27.9 Å². The Hall–Kier alpha value is -0.810. The number of aliphatic hydroxyl groups is 1. The van der Waals surface area contributed by atoms with E-state index in [-0.39, 0.29) is 17.5 Å². The largest absolute Gasteiger partial charge is 0.392 e. The number of amides is 1. The number of ether oxygens (including phenoxy) is 1. The lowest BCUT2D eigenvalue weighted by atomic mass is 10.1. The maximum absolute atomic E-state index is 12.3. The summed E-state index contributed by atoms with van der Waals surface area (Å²) < 4.78 is 5.19. The summed E-state index contributed by atoms with van der Waals surface area (Å²) in [6.07, 6.45) is 0. The van der Waals surface area contributed by atoms with Crippen LogP contribution in [0.5, 0.6) is 0 Å². The van der Waals surface area contributed by atoms with Crippen LogP contribution in [0.2, 0.25) is 10.0 Å². The third-order valence-corrected chi connectivity index (χ3v) is 3.66. The van der Waals surface area contributed by atoms with Crippen molar-refractivity contribution >= 4 is 29.1 Å². The summed E-state index contributed by atoms with van der Waals surface area (Å²) >= 11 is 12.0.